The Bertz CT molecular complexity index is 250. The van der Waals surface area contributed by atoms with Gasteiger partial charge in [-0.25, -0.2) is 0 Å². The molecule has 2 rings (SSSR count). The first-order valence-electron chi connectivity index (χ1n) is 5.53. The average Bonchev–Trinajstić information content (AvgIpc) is 2.40. The van der Waals surface area contributed by atoms with E-state index in [9.17, 15) is 4.79 Å². The number of carboxylic acids is 1. The Morgan fingerprint density at radius 2 is 2.00 bits per heavy atom. The molecule has 0 aromatic rings. The maximum absolute atomic E-state index is 11.1. The molecule has 1 aliphatic heterocycles. The number of rotatable bonds is 1. The maximum atomic E-state index is 11.1. The van der Waals surface area contributed by atoms with Crippen LogP contribution in [0.3, 0.4) is 0 Å². The molecule has 0 unspecified atom stereocenters. The molecule has 0 spiro atoms. The lowest BCUT2D eigenvalue weighted by atomic mass is 9.72. The number of hydrogen-bond acceptors (Lipinski definition) is 2. The van der Waals surface area contributed by atoms with Gasteiger partial charge < -0.3 is 5.11 Å². The number of carbonyl (C=O) groups is 1. The molecule has 0 bridgehead atoms. The van der Waals surface area contributed by atoms with Gasteiger partial charge >= 0.3 is 5.97 Å². The van der Waals surface area contributed by atoms with E-state index < -0.39 is 5.97 Å². The van der Waals surface area contributed by atoms with Crippen molar-refractivity contribution in [2.24, 2.45) is 11.8 Å². The molecule has 2 N–H and O–H groups in total. The smallest absolute Gasteiger partial charge is 0.321 e. The lowest BCUT2D eigenvalue weighted by Gasteiger charge is -2.33. The van der Waals surface area contributed by atoms with Crippen LogP contribution < -0.4 is 5.32 Å². The third-order valence-electron chi connectivity index (χ3n) is 3.97. The lowest BCUT2D eigenvalue weighted by Crippen LogP contribution is -2.43. The van der Waals surface area contributed by atoms with Crippen LogP contribution in [0.5, 0.6) is 0 Å². The molecule has 80 valence electrons. The monoisotopic (exact) mass is 197 g/mol. The van der Waals surface area contributed by atoms with Crippen molar-refractivity contribution in [2.75, 3.05) is 0 Å². The Labute approximate surface area is 84.9 Å². The van der Waals surface area contributed by atoms with Crippen molar-refractivity contribution in [3.63, 3.8) is 0 Å². The van der Waals surface area contributed by atoms with E-state index in [0.29, 0.717) is 11.8 Å². The Morgan fingerprint density at radius 1 is 1.36 bits per heavy atom. The van der Waals surface area contributed by atoms with Gasteiger partial charge in [-0.3, -0.25) is 10.1 Å². The van der Waals surface area contributed by atoms with Crippen molar-refractivity contribution in [3.8, 4) is 0 Å². The molecule has 0 aromatic carbocycles. The zero-order chi connectivity index (χ0) is 10.3. The number of hydrogen-bond donors (Lipinski definition) is 2. The molecular formula is C11H19NO2. The molecule has 0 amide bonds. The van der Waals surface area contributed by atoms with Gasteiger partial charge in [0.15, 0.2) is 0 Å². The molecule has 0 radical (unpaired) electrons. The van der Waals surface area contributed by atoms with Crippen LogP contribution in [0.25, 0.3) is 0 Å². The highest BCUT2D eigenvalue weighted by molar-refractivity contribution is 5.74. The SMILES string of the molecule is CC1(C)N[C@@H](C(=O)O)[C@H]2CCCC[C@@H]21. The first-order chi connectivity index (χ1) is 6.52. The molecule has 14 heavy (non-hydrogen) atoms. The summed E-state index contributed by atoms with van der Waals surface area (Å²) in [4.78, 5) is 11.1. The third kappa shape index (κ3) is 1.44. The van der Waals surface area contributed by atoms with Gasteiger partial charge in [0.1, 0.15) is 6.04 Å². The van der Waals surface area contributed by atoms with Gasteiger partial charge in [-0.15, -0.1) is 0 Å². The molecule has 1 saturated carbocycles. The summed E-state index contributed by atoms with van der Waals surface area (Å²) in [5, 5.41) is 12.4. The first-order valence-corrected chi connectivity index (χ1v) is 5.53. The molecule has 3 heteroatoms. The van der Waals surface area contributed by atoms with E-state index in [0.717, 1.165) is 6.42 Å². The summed E-state index contributed by atoms with van der Waals surface area (Å²) in [7, 11) is 0. The van der Waals surface area contributed by atoms with Crippen molar-refractivity contribution in [1.82, 2.24) is 5.32 Å². The lowest BCUT2D eigenvalue weighted by molar-refractivity contribution is -0.140. The van der Waals surface area contributed by atoms with Crippen LogP contribution >= 0.6 is 0 Å². The fourth-order valence-electron chi connectivity index (χ4n) is 3.31. The van der Waals surface area contributed by atoms with E-state index in [-0.39, 0.29) is 11.6 Å². The first kappa shape index (κ1) is 9.97. The predicted octanol–water partition coefficient (Wildman–Crippen LogP) is 1.63. The van der Waals surface area contributed by atoms with E-state index >= 15 is 0 Å². The Morgan fingerprint density at radius 3 is 2.64 bits per heavy atom. The second-order valence-corrected chi connectivity index (χ2v) is 5.24. The van der Waals surface area contributed by atoms with Gasteiger partial charge in [-0.2, -0.15) is 0 Å². The third-order valence-corrected chi connectivity index (χ3v) is 3.97. The minimum absolute atomic E-state index is 0.00808. The quantitative estimate of drug-likeness (QED) is 0.671. The van der Waals surface area contributed by atoms with Crippen LogP contribution in [0.1, 0.15) is 39.5 Å². The standard InChI is InChI=1S/C11H19NO2/c1-11(2)8-6-4-3-5-7(8)9(12-11)10(13)14/h7-9,12H,3-6H2,1-2H3,(H,13,14)/t7-,8-,9+/m0/s1. The summed E-state index contributed by atoms with van der Waals surface area (Å²) in [5.41, 5.74) is 0.00808. The maximum Gasteiger partial charge on any atom is 0.321 e. The summed E-state index contributed by atoms with van der Waals surface area (Å²) >= 11 is 0. The molecule has 1 heterocycles. The van der Waals surface area contributed by atoms with E-state index in [2.05, 4.69) is 19.2 Å². The number of aliphatic carboxylic acids is 1. The zero-order valence-electron chi connectivity index (χ0n) is 8.92. The summed E-state index contributed by atoms with van der Waals surface area (Å²) in [6.45, 7) is 4.28. The molecule has 1 saturated heterocycles. The van der Waals surface area contributed by atoms with E-state index in [4.69, 9.17) is 5.11 Å². The van der Waals surface area contributed by atoms with Crippen molar-refractivity contribution >= 4 is 5.97 Å². The minimum atomic E-state index is -0.674. The van der Waals surface area contributed by atoms with Gasteiger partial charge in [0.2, 0.25) is 0 Å². The largest absolute Gasteiger partial charge is 0.480 e. The topological polar surface area (TPSA) is 49.3 Å². The molecule has 1 aliphatic carbocycles. The second-order valence-electron chi connectivity index (χ2n) is 5.24. The highest BCUT2D eigenvalue weighted by Gasteiger charge is 2.50. The van der Waals surface area contributed by atoms with Crippen molar-refractivity contribution in [1.29, 1.82) is 0 Å². The van der Waals surface area contributed by atoms with Crippen molar-refractivity contribution < 1.29 is 9.90 Å². The van der Waals surface area contributed by atoms with Crippen LogP contribution in [0.2, 0.25) is 0 Å². The number of fused-ring (bicyclic) bond motifs is 1. The molecule has 2 aliphatic rings. The highest BCUT2D eigenvalue weighted by atomic mass is 16.4. The molecular weight excluding hydrogens is 178 g/mol. The summed E-state index contributed by atoms with van der Waals surface area (Å²) in [6, 6.07) is -0.310. The van der Waals surface area contributed by atoms with Gasteiger partial charge in [-0.05, 0) is 38.5 Å². The normalized spacial score (nSPS) is 40.6. The van der Waals surface area contributed by atoms with Crippen LogP contribution in [0, 0.1) is 11.8 Å². The van der Waals surface area contributed by atoms with E-state index in [1.54, 1.807) is 0 Å². The molecule has 0 aromatic heterocycles. The number of nitrogens with one attached hydrogen (secondary N) is 1. The summed E-state index contributed by atoms with van der Waals surface area (Å²) in [6.07, 6.45) is 4.73. The predicted molar refractivity (Wildman–Crippen MR) is 54.1 cm³/mol. The van der Waals surface area contributed by atoms with Crippen LogP contribution in [-0.2, 0) is 4.79 Å². The van der Waals surface area contributed by atoms with Crippen molar-refractivity contribution in [3.05, 3.63) is 0 Å². The van der Waals surface area contributed by atoms with Crippen LogP contribution in [0.15, 0.2) is 0 Å². The second kappa shape index (κ2) is 3.23. The average molecular weight is 197 g/mol. The Hall–Kier alpha value is -0.570. The highest BCUT2D eigenvalue weighted by Crippen LogP contribution is 2.44. The van der Waals surface area contributed by atoms with Gasteiger partial charge in [0, 0.05) is 5.54 Å². The zero-order valence-corrected chi connectivity index (χ0v) is 8.92. The molecule has 3 atom stereocenters. The summed E-state index contributed by atoms with van der Waals surface area (Å²) in [5.74, 6) is 0.237. The Balaban J connectivity index is 2.21. The molecule has 3 nitrogen and oxygen atoms in total. The number of carboxylic acid groups (broad SMARTS) is 1. The van der Waals surface area contributed by atoms with E-state index in [1.165, 1.54) is 19.3 Å². The van der Waals surface area contributed by atoms with Gasteiger partial charge in [-0.1, -0.05) is 12.8 Å². The van der Waals surface area contributed by atoms with Crippen LogP contribution in [-0.4, -0.2) is 22.7 Å². The van der Waals surface area contributed by atoms with Crippen LogP contribution in [0.4, 0.5) is 0 Å². The fourth-order valence-corrected chi connectivity index (χ4v) is 3.31. The van der Waals surface area contributed by atoms with Gasteiger partial charge in [0.25, 0.3) is 0 Å². The summed E-state index contributed by atoms with van der Waals surface area (Å²) < 4.78 is 0. The fraction of sp³-hybridized carbons (Fsp3) is 0.909. The Kier molecular flexibility index (Phi) is 2.30. The van der Waals surface area contributed by atoms with Crippen molar-refractivity contribution in [2.45, 2.75) is 51.1 Å². The molecule has 2 fully saturated rings. The minimum Gasteiger partial charge on any atom is -0.480 e. The van der Waals surface area contributed by atoms with E-state index in [1.807, 2.05) is 0 Å². The van der Waals surface area contributed by atoms with Gasteiger partial charge in [0.05, 0.1) is 0 Å².